The minimum atomic E-state index is -0.320. The molecule has 0 spiro atoms. The van der Waals surface area contributed by atoms with Crippen molar-refractivity contribution in [2.45, 2.75) is 57.7 Å². The van der Waals surface area contributed by atoms with Gasteiger partial charge in [0.2, 0.25) is 0 Å². The number of benzene rings is 1. The van der Waals surface area contributed by atoms with Crippen LogP contribution in [-0.2, 0) is 0 Å². The van der Waals surface area contributed by atoms with Crippen molar-refractivity contribution in [3.8, 4) is 0 Å². The zero-order valence-corrected chi connectivity index (χ0v) is 16.8. The van der Waals surface area contributed by atoms with Crippen LogP contribution >= 0.6 is 0 Å². The third-order valence-electron chi connectivity index (χ3n) is 4.67. The van der Waals surface area contributed by atoms with Crippen molar-refractivity contribution in [3.63, 3.8) is 0 Å². The molecule has 150 valence electrons. The molecule has 7 heteroatoms. The van der Waals surface area contributed by atoms with Gasteiger partial charge in [-0.2, -0.15) is 0 Å². The number of hydrogen-bond acceptors (Lipinski definition) is 4. The second kappa shape index (κ2) is 7.67. The standard InChI is InChI=1S/C21H28N4O3/c1-20(2)12-16(13-21(3,4)25-20)24-19(27)23-15-9-7-14(8-10-15)22-18(26)17-6-5-11-28-17/h5-11,16,25H,12-13H2,1-4H3,(H,22,26)(H2,23,24,27). The van der Waals surface area contributed by atoms with Gasteiger partial charge >= 0.3 is 6.03 Å². The van der Waals surface area contributed by atoms with E-state index in [-0.39, 0.29) is 34.8 Å². The van der Waals surface area contributed by atoms with E-state index in [4.69, 9.17) is 4.42 Å². The Bertz CT molecular complexity index is 810. The second-order valence-electron chi connectivity index (χ2n) is 8.61. The molecule has 2 heterocycles. The number of anilines is 2. The van der Waals surface area contributed by atoms with Crippen LogP contribution in [0.2, 0.25) is 0 Å². The summed E-state index contributed by atoms with van der Waals surface area (Å²) in [5, 5.41) is 12.3. The molecule has 3 amide bonds. The summed E-state index contributed by atoms with van der Waals surface area (Å²) in [5.74, 6) is -0.0750. The van der Waals surface area contributed by atoms with E-state index in [1.807, 2.05) is 0 Å². The van der Waals surface area contributed by atoms with Crippen LogP contribution in [0, 0.1) is 0 Å². The van der Waals surface area contributed by atoms with Crippen LogP contribution in [0.5, 0.6) is 0 Å². The first kappa shape index (κ1) is 19.9. The molecule has 3 rings (SSSR count). The van der Waals surface area contributed by atoms with Crippen LogP contribution < -0.4 is 21.3 Å². The minimum absolute atomic E-state index is 0.0342. The fraction of sp³-hybridized carbons (Fsp3) is 0.429. The molecule has 0 bridgehead atoms. The number of rotatable bonds is 4. The van der Waals surface area contributed by atoms with Crippen molar-refractivity contribution in [2.75, 3.05) is 10.6 Å². The lowest BCUT2D eigenvalue weighted by atomic mass is 9.80. The quantitative estimate of drug-likeness (QED) is 0.642. The molecule has 1 aliphatic heterocycles. The summed E-state index contributed by atoms with van der Waals surface area (Å²) < 4.78 is 5.06. The first-order valence-corrected chi connectivity index (χ1v) is 9.44. The Morgan fingerprint density at radius 1 is 0.964 bits per heavy atom. The van der Waals surface area contributed by atoms with Crippen LogP contribution in [0.15, 0.2) is 47.1 Å². The summed E-state index contributed by atoms with van der Waals surface area (Å²) in [6, 6.07) is 10.1. The summed E-state index contributed by atoms with van der Waals surface area (Å²) in [7, 11) is 0. The Morgan fingerprint density at radius 3 is 2.07 bits per heavy atom. The van der Waals surface area contributed by atoms with Crippen LogP contribution in [0.3, 0.4) is 0 Å². The molecular weight excluding hydrogens is 356 g/mol. The van der Waals surface area contributed by atoms with Gasteiger partial charge in [-0.05, 0) is 76.9 Å². The van der Waals surface area contributed by atoms with Crippen molar-refractivity contribution in [2.24, 2.45) is 0 Å². The number of amides is 3. The van der Waals surface area contributed by atoms with Crippen molar-refractivity contribution in [1.82, 2.24) is 10.6 Å². The highest BCUT2D eigenvalue weighted by molar-refractivity contribution is 6.02. The van der Waals surface area contributed by atoms with E-state index in [1.165, 1.54) is 6.26 Å². The van der Waals surface area contributed by atoms with E-state index in [1.54, 1.807) is 36.4 Å². The number of furan rings is 1. The van der Waals surface area contributed by atoms with Crippen molar-refractivity contribution < 1.29 is 14.0 Å². The molecule has 28 heavy (non-hydrogen) atoms. The summed E-state index contributed by atoms with van der Waals surface area (Å²) in [4.78, 5) is 24.4. The predicted molar refractivity (Wildman–Crippen MR) is 110 cm³/mol. The number of carbonyl (C=O) groups is 2. The number of nitrogens with one attached hydrogen (secondary N) is 4. The Morgan fingerprint density at radius 2 is 1.54 bits per heavy atom. The SMILES string of the molecule is CC1(C)CC(NC(=O)Nc2ccc(NC(=O)c3ccco3)cc2)CC(C)(C)N1. The Balaban J connectivity index is 1.54. The summed E-state index contributed by atoms with van der Waals surface area (Å²) in [6.07, 6.45) is 3.17. The molecule has 0 aliphatic carbocycles. The third-order valence-corrected chi connectivity index (χ3v) is 4.67. The van der Waals surface area contributed by atoms with E-state index in [0.717, 1.165) is 12.8 Å². The highest BCUT2D eigenvalue weighted by atomic mass is 16.3. The molecule has 1 aromatic heterocycles. The molecule has 1 aromatic carbocycles. The third kappa shape index (κ3) is 5.36. The van der Waals surface area contributed by atoms with Crippen molar-refractivity contribution in [3.05, 3.63) is 48.4 Å². The van der Waals surface area contributed by atoms with Gasteiger partial charge in [0.05, 0.1) is 6.26 Å². The first-order valence-electron chi connectivity index (χ1n) is 9.44. The lowest BCUT2D eigenvalue weighted by Gasteiger charge is -2.46. The fourth-order valence-corrected chi connectivity index (χ4v) is 4.01. The molecule has 0 atom stereocenters. The number of piperidine rings is 1. The number of urea groups is 1. The van der Waals surface area contributed by atoms with Gasteiger partial charge < -0.3 is 25.7 Å². The van der Waals surface area contributed by atoms with Crippen LogP contribution in [-0.4, -0.2) is 29.1 Å². The highest BCUT2D eigenvalue weighted by Crippen LogP contribution is 2.28. The maximum absolute atomic E-state index is 12.4. The highest BCUT2D eigenvalue weighted by Gasteiger charge is 2.38. The molecule has 0 saturated carbocycles. The van der Waals surface area contributed by atoms with E-state index in [9.17, 15) is 9.59 Å². The Kier molecular flexibility index (Phi) is 5.47. The van der Waals surface area contributed by atoms with E-state index in [2.05, 4.69) is 49.0 Å². The van der Waals surface area contributed by atoms with Gasteiger partial charge in [0, 0.05) is 28.5 Å². The normalized spacial score (nSPS) is 18.3. The number of carbonyl (C=O) groups excluding carboxylic acids is 2. The van der Waals surface area contributed by atoms with Crippen LogP contribution in [0.1, 0.15) is 51.1 Å². The first-order chi connectivity index (χ1) is 13.1. The minimum Gasteiger partial charge on any atom is -0.459 e. The topological polar surface area (TPSA) is 95.4 Å². The Labute approximate surface area is 165 Å². The van der Waals surface area contributed by atoms with Crippen LogP contribution in [0.25, 0.3) is 0 Å². The maximum atomic E-state index is 12.4. The van der Waals surface area contributed by atoms with Gasteiger partial charge in [-0.25, -0.2) is 4.79 Å². The molecule has 0 unspecified atom stereocenters. The fourth-order valence-electron chi connectivity index (χ4n) is 4.01. The molecule has 1 saturated heterocycles. The second-order valence-corrected chi connectivity index (χ2v) is 8.61. The monoisotopic (exact) mass is 384 g/mol. The number of hydrogen-bond donors (Lipinski definition) is 4. The van der Waals surface area contributed by atoms with Crippen molar-refractivity contribution in [1.29, 1.82) is 0 Å². The summed E-state index contributed by atoms with van der Waals surface area (Å²) >= 11 is 0. The molecule has 0 radical (unpaired) electrons. The zero-order valence-electron chi connectivity index (χ0n) is 16.8. The lowest BCUT2D eigenvalue weighted by molar-refractivity contribution is 0.0996. The average Bonchev–Trinajstić information content (AvgIpc) is 3.08. The predicted octanol–water partition coefficient (Wildman–Crippen LogP) is 3.96. The largest absolute Gasteiger partial charge is 0.459 e. The summed E-state index contributed by atoms with van der Waals surface area (Å²) in [5.41, 5.74) is 1.20. The molecule has 1 fully saturated rings. The van der Waals surface area contributed by atoms with Gasteiger partial charge in [-0.15, -0.1) is 0 Å². The van der Waals surface area contributed by atoms with Crippen molar-refractivity contribution >= 4 is 23.3 Å². The van der Waals surface area contributed by atoms with Gasteiger partial charge in [-0.3, -0.25) is 4.79 Å². The van der Waals surface area contributed by atoms with Gasteiger partial charge in [0.15, 0.2) is 5.76 Å². The van der Waals surface area contributed by atoms with Gasteiger partial charge in [0.25, 0.3) is 5.91 Å². The van der Waals surface area contributed by atoms with Gasteiger partial charge in [0.1, 0.15) is 0 Å². The lowest BCUT2D eigenvalue weighted by Crippen LogP contribution is -2.62. The maximum Gasteiger partial charge on any atom is 0.319 e. The molecule has 1 aliphatic rings. The molecular formula is C21H28N4O3. The van der Waals surface area contributed by atoms with Crippen LogP contribution in [0.4, 0.5) is 16.2 Å². The average molecular weight is 384 g/mol. The zero-order chi connectivity index (χ0) is 20.4. The smallest absolute Gasteiger partial charge is 0.319 e. The summed E-state index contributed by atoms with van der Waals surface area (Å²) in [6.45, 7) is 8.60. The van der Waals surface area contributed by atoms with E-state index >= 15 is 0 Å². The molecule has 4 N–H and O–H groups in total. The molecule has 7 nitrogen and oxygen atoms in total. The van der Waals surface area contributed by atoms with E-state index < -0.39 is 0 Å². The van der Waals surface area contributed by atoms with E-state index in [0.29, 0.717) is 11.4 Å². The molecule has 2 aromatic rings. The van der Waals surface area contributed by atoms with Gasteiger partial charge in [-0.1, -0.05) is 0 Å². The Hall–Kier alpha value is -2.80.